The lowest BCUT2D eigenvalue weighted by atomic mass is 10.2. The quantitative estimate of drug-likeness (QED) is 0.928. The molecule has 5 heteroatoms. The van der Waals surface area contributed by atoms with Crippen molar-refractivity contribution in [2.24, 2.45) is 0 Å². The molecule has 0 aliphatic heterocycles. The molecule has 1 N–H and O–H groups in total. The van der Waals surface area contributed by atoms with Gasteiger partial charge in [0.2, 0.25) is 0 Å². The first-order chi connectivity index (χ1) is 9.11. The summed E-state index contributed by atoms with van der Waals surface area (Å²) in [6.45, 7) is 4.77. The van der Waals surface area contributed by atoms with E-state index < -0.39 is 0 Å². The summed E-state index contributed by atoms with van der Waals surface area (Å²) < 4.78 is 0. The number of anilines is 1. The van der Waals surface area contributed by atoms with Crippen molar-refractivity contribution in [2.75, 3.05) is 11.9 Å². The molecule has 0 amide bonds. The van der Waals surface area contributed by atoms with Gasteiger partial charge in [-0.3, -0.25) is 0 Å². The first kappa shape index (κ1) is 13.9. The molecular weight excluding hydrogens is 278 g/mol. The number of nitrogens with one attached hydrogen (secondary N) is 1. The van der Waals surface area contributed by atoms with Crippen molar-refractivity contribution in [1.29, 1.82) is 5.26 Å². The van der Waals surface area contributed by atoms with Crippen LogP contribution in [0.3, 0.4) is 0 Å². The number of aromatic nitrogens is 1. The fourth-order valence-corrected chi connectivity index (χ4v) is 3.08. The van der Waals surface area contributed by atoms with Gasteiger partial charge >= 0.3 is 0 Å². The van der Waals surface area contributed by atoms with Gasteiger partial charge in [-0.2, -0.15) is 5.26 Å². The molecule has 0 spiro atoms. The number of nitrogens with zero attached hydrogens (tertiary/aromatic N) is 2. The predicted molar refractivity (Wildman–Crippen MR) is 79.9 cm³/mol. The van der Waals surface area contributed by atoms with Crippen molar-refractivity contribution in [3.05, 3.63) is 44.4 Å². The smallest absolute Gasteiger partial charge is 0.101 e. The fraction of sp³-hybridized carbons (Fsp3) is 0.286. The molecule has 2 rings (SSSR count). The molecule has 0 radical (unpaired) electrons. The second-order valence-corrected chi connectivity index (χ2v) is 5.89. The van der Waals surface area contributed by atoms with Gasteiger partial charge in [0.25, 0.3) is 0 Å². The van der Waals surface area contributed by atoms with Crippen molar-refractivity contribution in [3.8, 4) is 6.07 Å². The summed E-state index contributed by atoms with van der Waals surface area (Å²) in [4.78, 5) is 5.67. The summed E-state index contributed by atoms with van der Waals surface area (Å²) in [5.41, 5.74) is 2.37. The van der Waals surface area contributed by atoms with E-state index in [0.717, 1.165) is 23.7 Å². The van der Waals surface area contributed by atoms with Crippen LogP contribution in [0.25, 0.3) is 0 Å². The lowest BCUT2D eigenvalue weighted by Crippen LogP contribution is -2.06. The van der Waals surface area contributed by atoms with Crippen LogP contribution in [0.5, 0.6) is 0 Å². The van der Waals surface area contributed by atoms with Gasteiger partial charge in [0, 0.05) is 17.8 Å². The average molecular weight is 292 g/mol. The number of thiazole rings is 1. The molecular formula is C14H14ClN3S. The Morgan fingerprint density at radius 3 is 2.84 bits per heavy atom. The van der Waals surface area contributed by atoms with E-state index >= 15 is 0 Å². The van der Waals surface area contributed by atoms with Crippen molar-refractivity contribution < 1.29 is 0 Å². The number of nitriles is 1. The molecule has 1 heterocycles. The molecule has 0 saturated carbocycles. The van der Waals surface area contributed by atoms with Gasteiger partial charge in [-0.05, 0) is 26.0 Å². The Kier molecular flexibility index (Phi) is 4.41. The highest BCUT2D eigenvalue weighted by Crippen LogP contribution is 2.25. The summed E-state index contributed by atoms with van der Waals surface area (Å²) in [6.07, 6.45) is 0.882. The van der Waals surface area contributed by atoms with Gasteiger partial charge in [0.1, 0.15) is 6.07 Å². The molecule has 2 aromatic rings. The van der Waals surface area contributed by atoms with Crippen LogP contribution >= 0.6 is 22.9 Å². The summed E-state index contributed by atoms with van der Waals surface area (Å²) >= 11 is 7.82. The van der Waals surface area contributed by atoms with E-state index in [2.05, 4.69) is 16.4 Å². The van der Waals surface area contributed by atoms with E-state index in [0.29, 0.717) is 16.3 Å². The number of para-hydroxylation sites is 1. The Bertz CT molecular complexity index is 628. The largest absolute Gasteiger partial charge is 0.382 e. The third-order valence-corrected chi connectivity index (χ3v) is 4.24. The van der Waals surface area contributed by atoms with E-state index in [4.69, 9.17) is 16.9 Å². The Morgan fingerprint density at radius 1 is 1.42 bits per heavy atom. The normalized spacial score (nSPS) is 10.2. The van der Waals surface area contributed by atoms with Crippen molar-refractivity contribution in [1.82, 2.24) is 4.98 Å². The Labute approximate surface area is 121 Å². The van der Waals surface area contributed by atoms with Crippen molar-refractivity contribution in [3.63, 3.8) is 0 Å². The molecule has 1 aromatic carbocycles. The maximum atomic E-state index is 9.05. The van der Waals surface area contributed by atoms with Crippen molar-refractivity contribution >= 4 is 28.6 Å². The average Bonchev–Trinajstić information content (AvgIpc) is 2.70. The molecule has 98 valence electrons. The van der Waals surface area contributed by atoms with E-state index in [1.54, 1.807) is 29.5 Å². The minimum atomic E-state index is 0.574. The first-order valence-electron chi connectivity index (χ1n) is 5.97. The molecule has 19 heavy (non-hydrogen) atoms. The second kappa shape index (κ2) is 6.05. The summed E-state index contributed by atoms with van der Waals surface area (Å²) in [6, 6.07) is 7.47. The van der Waals surface area contributed by atoms with Crippen LogP contribution in [-0.4, -0.2) is 11.5 Å². The third-order valence-electron chi connectivity index (χ3n) is 2.79. The summed E-state index contributed by atoms with van der Waals surface area (Å²) in [5.74, 6) is 0. The molecule has 0 bridgehead atoms. The van der Waals surface area contributed by atoms with Crippen LogP contribution in [0.2, 0.25) is 5.02 Å². The molecule has 0 saturated heterocycles. The standard InChI is InChI=1S/C14H14ClN3S/c1-9-13(19-10(2)18-9)6-7-17-14-11(8-16)4-3-5-12(14)15/h3-5,17H,6-7H2,1-2H3. The summed E-state index contributed by atoms with van der Waals surface area (Å²) in [7, 11) is 0. The van der Waals surface area contributed by atoms with Crippen LogP contribution in [0.1, 0.15) is 21.1 Å². The second-order valence-electron chi connectivity index (χ2n) is 4.19. The van der Waals surface area contributed by atoms with Gasteiger partial charge < -0.3 is 5.32 Å². The number of benzene rings is 1. The van der Waals surface area contributed by atoms with Crippen LogP contribution in [-0.2, 0) is 6.42 Å². The number of aryl methyl sites for hydroxylation is 2. The maximum Gasteiger partial charge on any atom is 0.101 e. The van der Waals surface area contributed by atoms with Gasteiger partial charge in [0.05, 0.1) is 27.0 Å². The van der Waals surface area contributed by atoms with Crippen LogP contribution < -0.4 is 5.32 Å². The molecule has 0 aliphatic rings. The predicted octanol–water partition coefficient (Wildman–Crippen LogP) is 3.94. The van der Waals surface area contributed by atoms with E-state index in [1.807, 2.05) is 13.8 Å². The zero-order valence-corrected chi connectivity index (χ0v) is 12.4. The zero-order valence-electron chi connectivity index (χ0n) is 10.8. The molecule has 3 nitrogen and oxygen atoms in total. The fourth-order valence-electron chi connectivity index (χ4n) is 1.90. The maximum absolute atomic E-state index is 9.05. The molecule has 0 aliphatic carbocycles. The lowest BCUT2D eigenvalue weighted by Gasteiger charge is -2.09. The third kappa shape index (κ3) is 3.25. The Hall–Kier alpha value is -1.57. The Morgan fingerprint density at radius 2 is 2.21 bits per heavy atom. The van der Waals surface area contributed by atoms with Gasteiger partial charge in [-0.15, -0.1) is 11.3 Å². The molecule has 0 unspecified atom stereocenters. The minimum absolute atomic E-state index is 0.574. The number of rotatable bonds is 4. The topological polar surface area (TPSA) is 48.7 Å². The monoisotopic (exact) mass is 291 g/mol. The van der Waals surface area contributed by atoms with Gasteiger partial charge in [-0.25, -0.2) is 4.98 Å². The van der Waals surface area contributed by atoms with Gasteiger partial charge in [-0.1, -0.05) is 17.7 Å². The highest BCUT2D eigenvalue weighted by Gasteiger charge is 2.08. The number of hydrogen-bond acceptors (Lipinski definition) is 4. The van der Waals surface area contributed by atoms with Crippen molar-refractivity contribution in [2.45, 2.75) is 20.3 Å². The lowest BCUT2D eigenvalue weighted by molar-refractivity contribution is 1.01. The van der Waals surface area contributed by atoms with Crippen LogP contribution in [0, 0.1) is 25.2 Å². The number of halogens is 1. The SMILES string of the molecule is Cc1nc(C)c(CCNc2c(Cl)cccc2C#N)s1. The van der Waals surface area contributed by atoms with E-state index in [1.165, 1.54) is 4.88 Å². The van der Waals surface area contributed by atoms with E-state index in [-0.39, 0.29) is 0 Å². The molecule has 0 fully saturated rings. The number of hydrogen-bond donors (Lipinski definition) is 1. The highest BCUT2D eigenvalue weighted by atomic mass is 35.5. The minimum Gasteiger partial charge on any atom is -0.382 e. The first-order valence-corrected chi connectivity index (χ1v) is 7.16. The Balaban J connectivity index is 2.04. The highest BCUT2D eigenvalue weighted by molar-refractivity contribution is 7.11. The van der Waals surface area contributed by atoms with Crippen LogP contribution in [0.15, 0.2) is 18.2 Å². The molecule has 0 atom stereocenters. The van der Waals surface area contributed by atoms with E-state index in [9.17, 15) is 0 Å². The van der Waals surface area contributed by atoms with Crippen LogP contribution in [0.4, 0.5) is 5.69 Å². The van der Waals surface area contributed by atoms with Gasteiger partial charge in [0.15, 0.2) is 0 Å². The summed E-state index contributed by atoms with van der Waals surface area (Å²) in [5, 5.41) is 14.0. The molecule has 1 aromatic heterocycles. The zero-order chi connectivity index (χ0) is 13.8.